The van der Waals surface area contributed by atoms with Crippen LogP contribution in [0.3, 0.4) is 0 Å². The van der Waals surface area contributed by atoms with E-state index in [0.717, 1.165) is 0 Å². The number of hydrogen-bond acceptors (Lipinski definition) is 0. The second kappa shape index (κ2) is 4.56. The number of halogens is 4. The van der Waals surface area contributed by atoms with Crippen LogP contribution in [0.5, 0.6) is 0 Å². The molecule has 0 saturated carbocycles. The fraction of sp³-hybridized carbons (Fsp3) is 0.455. The Kier molecular flexibility index (Phi) is 3.82. The van der Waals surface area contributed by atoms with Crippen molar-refractivity contribution in [1.82, 2.24) is 0 Å². The first-order valence-electron chi connectivity index (χ1n) is 4.60. The Morgan fingerprint density at radius 2 is 1.93 bits per heavy atom. The Morgan fingerprint density at radius 3 is 2.40 bits per heavy atom. The van der Waals surface area contributed by atoms with Crippen LogP contribution in [0.25, 0.3) is 0 Å². The molecule has 0 aliphatic carbocycles. The summed E-state index contributed by atoms with van der Waals surface area (Å²) in [5.41, 5.74) is 0.450. The molecule has 0 heterocycles. The molecule has 15 heavy (non-hydrogen) atoms. The molecule has 0 radical (unpaired) electrons. The lowest BCUT2D eigenvalue weighted by Gasteiger charge is -2.14. The highest BCUT2D eigenvalue weighted by molar-refractivity contribution is 9.09. The predicted octanol–water partition coefficient (Wildman–Crippen LogP) is 4.51. The summed E-state index contributed by atoms with van der Waals surface area (Å²) in [6.45, 7) is 3.37. The smallest absolute Gasteiger partial charge is 0.166 e. The summed E-state index contributed by atoms with van der Waals surface area (Å²) in [4.78, 5) is 0. The molecule has 0 N–H and O–H groups in total. The van der Waals surface area contributed by atoms with Gasteiger partial charge < -0.3 is 0 Å². The Labute approximate surface area is 95.6 Å². The highest BCUT2D eigenvalue weighted by atomic mass is 79.9. The lowest BCUT2D eigenvalue weighted by Crippen LogP contribution is -2.09. The zero-order valence-electron chi connectivity index (χ0n) is 8.53. The van der Waals surface area contributed by atoms with Gasteiger partial charge in [0.25, 0.3) is 0 Å². The second-order valence-corrected chi connectivity index (χ2v) is 4.27. The van der Waals surface area contributed by atoms with Crippen molar-refractivity contribution in [3.63, 3.8) is 0 Å². The average Bonchev–Trinajstić information content (AvgIpc) is 2.15. The molecule has 0 bridgehead atoms. The van der Waals surface area contributed by atoms with Crippen molar-refractivity contribution in [3.8, 4) is 0 Å². The van der Waals surface area contributed by atoms with Gasteiger partial charge in [-0.15, -0.1) is 0 Å². The van der Waals surface area contributed by atoms with Crippen LogP contribution in [0.1, 0.15) is 29.5 Å². The van der Waals surface area contributed by atoms with Crippen LogP contribution in [-0.2, 0) is 6.18 Å². The quantitative estimate of drug-likeness (QED) is 0.699. The molecule has 0 fully saturated rings. The summed E-state index contributed by atoms with van der Waals surface area (Å²) in [6.07, 6.45) is -4.26. The molecular weight excluding hydrogens is 269 g/mol. The first-order chi connectivity index (χ1) is 6.86. The van der Waals surface area contributed by atoms with Gasteiger partial charge in [0.1, 0.15) is 0 Å². The van der Waals surface area contributed by atoms with E-state index in [-0.39, 0.29) is 11.5 Å². The summed E-state index contributed by atoms with van der Waals surface area (Å²) in [5.74, 6) is 0.0895. The van der Waals surface area contributed by atoms with Gasteiger partial charge >= 0.3 is 6.18 Å². The molecule has 1 aromatic rings. The lowest BCUT2D eigenvalue weighted by atomic mass is 9.97. The molecule has 0 saturated heterocycles. The van der Waals surface area contributed by atoms with Gasteiger partial charge in [0, 0.05) is 5.33 Å². The maximum Gasteiger partial charge on any atom is 0.416 e. The van der Waals surface area contributed by atoms with E-state index in [4.69, 9.17) is 0 Å². The maximum atomic E-state index is 12.6. The van der Waals surface area contributed by atoms with Gasteiger partial charge in [-0.05, 0) is 30.0 Å². The van der Waals surface area contributed by atoms with Gasteiger partial charge in [0.2, 0.25) is 0 Å². The monoisotopic (exact) mass is 280 g/mol. The minimum absolute atomic E-state index is 0.0895. The van der Waals surface area contributed by atoms with Crippen molar-refractivity contribution in [1.29, 1.82) is 0 Å². The van der Waals surface area contributed by atoms with Crippen molar-refractivity contribution in [2.24, 2.45) is 0 Å². The zero-order chi connectivity index (χ0) is 11.6. The first-order valence-corrected chi connectivity index (χ1v) is 5.72. The van der Waals surface area contributed by atoms with Crippen LogP contribution in [0, 0.1) is 6.92 Å². The molecule has 1 aromatic carbocycles. The summed E-state index contributed by atoms with van der Waals surface area (Å²) in [6, 6.07) is 4.51. The molecule has 1 unspecified atom stereocenters. The van der Waals surface area contributed by atoms with Gasteiger partial charge in [0.05, 0.1) is 5.56 Å². The van der Waals surface area contributed by atoms with Crippen LogP contribution in [0.15, 0.2) is 18.2 Å². The SMILES string of the molecule is Cc1ccc(C(C)CBr)cc1C(F)(F)F. The molecule has 0 nitrogen and oxygen atoms in total. The largest absolute Gasteiger partial charge is 0.416 e. The Hall–Kier alpha value is -0.510. The van der Waals surface area contributed by atoms with Crippen molar-refractivity contribution in [2.75, 3.05) is 5.33 Å². The van der Waals surface area contributed by atoms with E-state index in [2.05, 4.69) is 15.9 Å². The van der Waals surface area contributed by atoms with Gasteiger partial charge in [-0.3, -0.25) is 0 Å². The molecular formula is C11H12BrF3. The van der Waals surface area contributed by atoms with Gasteiger partial charge in [-0.2, -0.15) is 13.2 Å². The van der Waals surface area contributed by atoms with Crippen LogP contribution < -0.4 is 0 Å². The van der Waals surface area contributed by atoms with E-state index in [1.165, 1.54) is 19.1 Å². The molecule has 0 aliphatic heterocycles. The van der Waals surface area contributed by atoms with E-state index in [0.29, 0.717) is 10.9 Å². The Balaban J connectivity index is 3.17. The fourth-order valence-corrected chi connectivity index (χ4v) is 1.71. The van der Waals surface area contributed by atoms with Gasteiger partial charge in [-0.25, -0.2) is 0 Å². The Morgan fingerprint density at radius 1 is 1.33 bits per heavy atom. The minimum atomic E-state index is -4.26. The summed E-state index contributed by atoms with van der Waals surface area (Å²) >= 11 is 3.26. The molecule has 84 valence electrons. The van der Waals surface area contributed by atoms with Gasteiger partial charge in [0.15, 0.2) is 0 Å². The third-order valence-electron chi connectivity index (χ3n) is 2.37. The molecule has 0 aromatic heterocycles. The van der Waals surface area contributed by atoms with E-state index in [1.54, 1.807) is 6.07 Å². The molecule has 0 amide bonds. The summed E-state index contributed by atoms with van der Waals surface area (Å²) in [5, 5.41) is 0.660. The lowest BCUT2D eigenvalue weighted by molar-refractivity contribution is -0.138. The van der Waals surface area contributed by atoms with Crippen molar-refractivity contribution >= 4 is 15.9 Å². The molecule has 1 atom stereocenters. The van der Waals surface area contributed by atoms with Crippen molar-refractivity contribution in [2.45, 2.75) is 25.9 Å². The number of rotatable bonds is 2. The van der Waals surface area contributed by atoms with E-state index in [1.807, 2.05) is 6.92 Å². The highest BCUT2D eigenvalue weighted by Crippen LogP contribution is 2.33. The van der Waals surface area contributed by atoms with E-state index in [9.17, 15) is 13.2 Å². The van der Waals surface area contributed by atoms with E-state index >= 15 is 0 Å². The fourth-order valence-electron chi connectivity index (χ4n) is 1.34. The summed E-state index contributed by atoms with van der Waals surface area (Å²) < 4.78 is 37.8. The van der Waals surface area contributed by atoms with Crippen LogP contribution in [0.4, 0.5) is 13.2 Å². The number of alkyl halides is 4. The standard InChI is InChI=1S/C11H12BrF3/c1-7-3-4-9(8(2)6-12)5-10(7)11(13,14)15/h3-5,8H,6H2,1-2H3. The third-order valence-corrected chi connectivity index (χ3v) is 3.34. The third kappa shape index (κ3) is 2.97. The first kappa shape index (κ1) is 12.6. The zero-order valence-corrected chi connectivity index (χ0v) is 10.1. The number of benzene rings is 1. The average molecular weight is 281 g/mol. The molecule has 0 aliphatic rings. The minimum Gasteiger partial charge on any atom is -0.166 e. The van der Waals surface area contributed by atoms with E-state index < -0.39 is 11.7 Å². The highest BCUT2D eigenvalue weighted by Gasteiger charge is 2.32. The maximum absolute atomic E-state index is 12.6. The topological polar surface area (TPSA) is 0 Å². The molecule has 0 spiro atoms. The van der Waals surface area contributed by atoms with Crippen LogP contribution in [0.2, 0.25) is 0 Å². The Bertz CT molecular complexity index is 344. The molecule has 1 rings (SSSR count). The van der Waals surface area contributed by atoms with Crippen LogP contribution in [-0.4, -0.2) is 5.33 Å². The van der Waals surface area contributed by atoms with Crippen molar-refractivity contribution in [3.05, 3.63) is 34.9 Å². The second-order valence-electron chi connectivity index (χ2n) is 3.63. The van der Waals surface area contributed by atoms with Gasteiger partial charge in [-0.1, -0.05) is 35.0 Å². The molecule has 4 heteroatoms. The number of aryl methyl sites for hydroxylation is 1. The van der Waals surface area contributed by atoms with Crippen molar-refractivity contribution < 1.29 is 13.2 Å². The predicted molar refractivity (Wildman–Crippen MR) is 58.4 cm³/mol. The van der Waals surface area contributed by atoms with Crippen LogP contribution >= 0.6 is 15.9 Å². The summed E-state index contributed by atoms with van der Waals surface area (Å²) in [7, 11) is 0. The normalized spacial score (nSPS) is 14.0. The number of hydrogen-bond donors (Lipinski definition) is 0.